The maximum Gasteiger partial charge on any atom is 0.341 e. The average Bonchev–Trinajstić information content (AvgIpc) is 3.59. The van der Waals surface area contributed by atoms with Crippen LogP contribution < -0.4 is 9.47 Å². The lowest BCUT2D eigenvalue weighted by Gasteiger charge is -2.15. The molecule has 1 aliphatic rings. The molecule has 1 saturated carbocycles. The Morgan fingerprint density at radius 3 is 2.38 bits per heavy atom. The smallest absolute Gasteiger partial charge is 0.341 e. The topological polar surface area (TPSA) is 68.7 Å². The minimum Gasteiger partial charge on any atom is -0.486 e. The quantitative estimate of drug-likeness (QED) is 0.294. The first-order valence-corrected chi connectivity index (χ1v) is 12.2. The minimum atomic E-state index is -0.984. The molecule has 1 N–H and O–H groups in total. The molecule has 5 rings (SSSR count). The summed E-state index contributed by atoms with van der Waals surface area (Å²) in [6.45, 7) is 1.95. The highest BCUT2D eigenvalue weighted by molar-refractivity contribution is 7.09. The summed E-state index contributed by atoms with van der Waals surface area (Å²) >= 11 is 1.59. The van der Waals surface area contributed by atoms with E-state index in [0.717, 1.165) is 46.0 Å². The van der Waals surface area contributed by atoms with Crippen molar-refractivity contribution >= 4 is 17.3 Å². The summed E-state index contributed by atoms with van der Waals surface area (Å²) in [6, 6.07) is 22.7. The first kappa shape index (κ1) is 22.2. The van der Waals surface area contributed by atoms with E-state index in [4.69, 9.17) is 19.6 Å². The summed E-state index contributed by atoms with van der Waals surface area (Å²) in [5.74, 6) is 0.888. The van der Waals surface area contributed by atoms with Crippen molar-refractivity contribution in [3.8, 4) is 33.9 Å². The number of nitrogens with zero attached hydrogens (tertiary/aromatic N) is 1. The van der Waals surface area contributed by atoms with Gasteiger partial charge in [0, 0.05) is 16.5 Å². The summed E-state index contributed by atoms with van der Waals surface area (Å²) in [4.78, 5) is 15.7. The van der Waals surface area contributed by atoms with Crippen molar-refractivity contribution in [1.29, 1.82) is 0 Å². The zero-order valence-electron chi connectivity index (χ0n) is 18.9. The van der Waals surface area contributed by atoms with Crippen LogP contribution in [0.4, 0.5) is 0 Å². The largest absolute Gasteiger partial charge is 0.486 e. The van der Waals surface area contributed by atoms with Crippen molar-refractivity contribution < 1.29 is 19.4 Å². The van der Waals surface area contributed by atoms with Crippen LogP contribution in [0.5, 0.6) is 11.5 Å². The summed E-state index contributed by atoms with van der Waals surface area (Å²) < 4.78 is 11.6. The van der Waals surface area contributed by atoms with Gasteiger partial charge in [0.15, 0.2) is 6.61 Å². The van der Waals surface area contributed by atoms with Gasteiger partial charge in [-0.1, -0.05) is 54.6 Å². The SMILES string of the molecule is Cc1cc(OCc2nc(-c3ccc(-c4ccccc4)cc3)cs2)c(C2CC2)cc1OCC(=O)O. The van der Waals surface area contributed by atoms with Gasteiger partial charge in [-0.05, 0) is 54.5 Å². The van der Waals surface area contributed by atoms with Gasteiger partial charge in [0.05, 0.1) is 5.69 Å². The van der Waals surface area contributed by atoms with Crippen molar-refractivity contribution in [2.24, 2.45) is 0 Å². The summed E-state index contributed by atoms with van der Waals surface area (Å²) in [6.07, 6.45) is 2.22. The highest BCUT2D eigenvalue weighted by atomic mass is 32.1. The Labute approximate surface area is 202 Å². The van der Waals surface area contributed by atoms with Crippen LogP contribution in [0.15, 0.2) is 72.1 Å². The Hall–Kier alpha value is -3.64. The molecule has 0 atom stereocenters. The molecule has 4 aromatic rings. The van der Waals surface area contributed by atoms with Gasteiger partial charge in [-0.25, -0.2) is 9.78 Å². The Morgan fingerprint density at radius 1 is 0.971 bits per heavy atom. The monoisotopic (exact) mass is 471 g/mol. The zero-order valence-corrected chi connectivity index (χ0v) is 19.7. The molecule has 6 heteroatoms. The molecule has 1 fully saturated rings. The number of carbonyl (C=O) groups is 1. The molecule has 5 nitrogen and oxygen atoms in total. The van der Waals surface area contributed by atoms with E-state index in [1.807, 2.05) is 37.3 Å². The van der Waals surface area contributed by atoms with Gasteiger partial charge in [-0.3, -0.25) is 0 Å². The Balaban J connectivity index is 1.28. The molecule has 0 saturated heterocycles. The maximum atomic E-state index is 10.9. The second-order valence-electron chi connectivity index (χ2n) is 8.47. The number of thiazole rings is 1. The molecule has 34 heavy (non-hydrogen) atoms. The second kappa shape index (κ2) is 9.69. The van der Waals surface area contributed by atoms with Crippen molar-refractivity contribution in [2.75, 3.05) is 6.61 Å². The number of aliphatic carboxylic acids is 1. The highest BCUT2D eigenvalue weighted by Crippen LogP contribution is 2.46. The van der Waals surface area contributed by atoms with Crippen molar-refractivity contribution in [3.05, 3.63) is 88.2 Å². The number of carboxylic acids is 1. The van der Waals surface area contributed by atoms with Gasteiger partial charge >= 0.3 is 5.97 Å². The Kier molecular flexibility index (Phi) is 6.32. The molecular formula is C28H25NO4S. The van der Waals surface area contributed by atoms with E-state index in [2.05, 4.69) is 41.8 Å². The van der Waals surface area contributed by atoms with Crippen LogP contribution in [-0.4, -0.2) is 22.7 Å². The molecule has 0 unspecified atom stereocenters. The molecule has 172 valence electrons. The summed E-state index contributed by atoms with van der Waals surface area (Å²) in [5.41, 5.74) is 6.35. The number of benzene rings is 3. The Bertz CT molecular complexity index is 1290. The van der Waals surface area contributed by atoms with Crippen LogP contribution in [0, 0.1) is 6.92 Å². The van der Waals surface area contributed by atoms with E-state index in [0.29, 0.717) is 18.3 Å². The molecule has 0 radical (unpaired) electrons. The normalized spacial score (nSPS) is 13.0. The predicted molar refractivity (Wildman–Crippen MR) is 134 cm³/mol. The number of hydrogen-bond donors (Lipinski definition) is 1. The second-order valence-corrected chi connectivity index (χ2v) is 9.41. The predicted octanol–water partition coefficient (Wildman–Crippen LogP) is 6.71. The number of carboxylic acid groups (broad SMARTS) is 1. The molecule has 3 aromatic carbocycles. The summed E-state index contributed by atoms with van der Waals surface area (Å²) in [7, 11) is 0. The molecular weight excluding hydrogens is 446 g/mol. The van der Waals surface area contributed by atoms with Gasteiger partial charge in [-0.2, -0.15) is 0 Å². The van der Waals surface area contributed by atoms with E-state index in [9.17, 15) is 4.79 Å². The first-order valence-electron chi connectivity index (χ1n) is 11.3. The van der Waals surface area contributed by atoms with Crippen LogP contribution in [0.1, 0.15) is 34.9 Å². The maximum absolute atomic E-state index is 10.9. The lowest BCUT2D eigenvalue weighted by Crippen LogP contribution is -2.10. The molecule has 1 heterocycles. The number of rotatable bonds is 9. The van der Waals surface area contributed by atoms with Crippen LogP contribution in [0.2, 0.25) is 0 Å². The lowest BCUT2D eigenvalue weighted by molar-refractivity contribution is -0.139. The molecule has 0 bridgehead atoms. The zero-order chi connectivity index (χ0) is 23.5. The highest BCUT2D eigenvalue weighted by Gasteiger charge is 2.28. The molecule has 0 aliphatic heterocycles. The van der Waals surface area contributed by atoms with Gasteiger partial charge in [0.2, 0.25) is 0 Å². The first-order chi connectivity index (χ1) is 16.6. The number of hydrogen-bond acceptors (Lipinski definition) is 5. The van der Waals surface area contributed by atoms with Crippen molar-refractivity contribution in [3.63, 3.8) is 0 Å². The third-order valence-corrected chi connectivity index (χ3v) is 6.69. The van der Waals surface area contributed by atoms with Gasteiger partial charge in [0.25, 0.3) is 0 Å². The van der Waals surface area contributed by atoms with Crippen molar-refractivity contribution in [2.45, 2.75) is 32.3 Å². The fraction of sp³-hybridized carbons (Fsp3) is 0.214. The van der Waals surface area contributed by atoms with E-state index < -0.39 is 5.97 Å². The van der Waals surface area contributed by atoms with Gasteiger partial charge in [0.1, 0.15) is 23.1 Å². The van der Waals surface area contributed by atoms with Crippen LogP contribution in [0.3, 0.4) is 0 Å². The third kappa shape index (κ3) is 5.13. The van der Waals surface area contributed by atoms with Crippen molar-refractivity contribution in [1.82, 2.24) is 4.98 Å². The average molecular weight is 472 g/mol. The lowest BCUT2D eigenvalue weighted by atomic mass is 10.0. The van der Waals surface area contributed by atoms with Gasteiger partial charge < -0.3 is 14.6 Å². The molecule has 1 aliphatic carbocycles. The van der Waals surface area contributed by atoms with Crippen LogP contribution in [0.25, 0.3) is 22.4 Å². The van der Waals surface area contributed by atoms with Gasteiger partial charge in [-0.15, -0.1) is 11.3 Å². The fourth-order valence-electron chi connectivity index (χ4n) is 3.92. The molecule has 1 aromatic heterocycles. The number of ether oxygens (including phenoxy) is 2. The standard InChI is InChI=1S/C28H25NO4S/c1-18-13-26(23(21-9-10-21)14-25(18)33-16-28(30)31)32-15-27-29-24(17-34-27)22-11-7-20(8-12-22)19-5-3-2-4-6-19/h2-8,11-14,17,21H,9-10,15-16H2,1H3,(H,30,31). The molecule has 0 amide bonds. The Morgan fingerprint density at radius 2 is 1.68 bits per heavy atom. The van der Waals surface area contributed by atoms with E-state index in [1.54, 1.807) is 11.3 Å². The van der Waals surface area contributed by atoms with E-state index in [1.165, 1.54) is 11.1 Å². The third-order valence-electron chi connectivity index (χ3n) is 5.87. The van der Waals surface area contributed by atoms with Crippen LogP contribution in [-0.2, 0) is 11.4 Å². The number of aryl methyl sites for hydroxylation is 1. The summed E-state index contributed by atoms with van der Waals surface area (Å²) in [5, 5.41) is 11.9. The number of aromatic nitrogens is 1. The minimum absolute atomic E-state index is 0.348. The van der Waals surface area contributed by atoms with E-state index in [-0.39, 0.29) is 6.61 Å². The fourth-order valence-corrected chi connectivity index (χ4v) is 4.64. The van der Waals surface area contributed by atoms with Crippen LogP contribution >= 0.6 is 11.3 Å². The van der Waals surface area contributed by atoms with E-state index >= 15 is 0 Å². The molecule has 0 spiro atoms.